The van der Waals surface area contributed by atoms with E-state index in [1.807, 2.05) is 20.2 Å². The Bertz CT molecular complexity index is 471. The van der Waals surface area contributed by atoms with E-state index in [9.17, 15) is 4.39 Å². The Labute approximate surface area is 155 Å². The zero-order valence-corrected chi connectivity index (χ0v) is 16.6. The second kappa shape index (κ2) is 12.5. The number of hydrogen-bond donors (Lipinski definition) is 2. The number of halogens is 2. The van der Waals surface area contributed by atoms with Crippen molar-refractivity contribution in [3.8, 4) is 0 Å². The van der Waals surface area contributed by atoms with Crippen molar-refractivity contribution in [1.29, 1.82) is 0 Å². The molecule has 23 heavy (non-hydrogen) atoms. The summed E-state index contributed by atoms with van der Waals surface area (Å²) in [5.74, 6) is 0.519. The smallest absolute Gasteiger partial charge is 0.191 e. The highest BCUT2D eigenvalue weighted by Gasteiger charge is 2.15. The minimum atomic E-state index is -0.216. The van der Waals surface area contributed by atoms with Crippen molar-refractivity contribution in [3.63, 3.8) is 0 Å². The van der Waals surface area contributed by atoms with Gasteiger partial charge in [0.25, 0.3) is 0 Å². The molecule has 1 unspecified atom stereocenters. The van der Waals surface area contributed by atoms with Gasteiger partial charge < -0.3 is 20.3 Å². The summed E-state index contributed by atoms with van der Waals surface area (Å²) >= 11 is 0. The van der Waals surface area contributed by atoms with Gasteiger partial charge in [0.05, 0.1) is 6.04 Å². The number of nitrogens with one attached hydrogen (secondary N) is 2. The van der Waals surface area contributed by atoms with Crippen LogP contribution in [0.4, 0.5) is 4.39 Å². The number of ether oxygens (including phenoxy) is 1. The summed E-state index contributed by atoms with van der Waals surface area (Å²) in [7, 11) is 7.38. The molecule has 0 aliphatic heterocycles. The van der Waals surface area contributed by atoms with E-state index in [0.717, 1.165) is 24.5 Å². The fourth-order valence-electron chi connectivity index (χ4n) is 2.15. The van der Waals surface area contributed by atoms with Gasteiger partial charge in [-0.2, -0.15) is 0 Å². The molecular weight excluding hydrogens is 410 g/mol. The summed E-state index contributed by atoms with van der Waals surface area (Å²) in [6.45, 7) is 2.15. The molecule has 1 atom stereocenters. The van der Waals surface area contributed by atoms with Gasteiger partial charge in [-0.1, -0.05) is 12.1 Å². The van der Waals surface area contributed by atoms with E-state index in [0.29, 0.717) is 13.2 Å². The van der Waals surface area contributed by atoms with Gasteiger partial charge in [-0.3, -0.25) is 4.99 Å². The lowest BCUT2D eigenvalue weighted by Gasteiger charge is -2.26. The summed E-state index contributed by atoms with van der Waals surface area (Å²) in [4.78, 5) is 6.24. The van der Waals surface area contributed by atoms with Gasteiger partial charge in [-0.15, -0.1) is 24.0 Å². The summed E-state index contributed by atoms with van der Waals surface area (Å²) in [6, 6.07) is 6.76. The molecule has 7 heteroatoms. The molecule has 0 radical (unpaired) electrons. The molecule has 0 fully saturated rings. The molecule has 132 valence electrons. The molecule has 0 aliphatic carbocycles. The van der Waals surface area contributed by atoms with Crippen LogP contribution in [0.1, 0.15) is 18.0 Å². The maximum atomic E-state index is 13.4. The van der Waals surface area contributed by atoms with Gasteiger partial charge in [-0.05, 0) is 38.2 Å². The molecule has 0 bridgehead atoms. The summed E-state index contributed by atoms with van der Waals surface area (Å²) in [5, 5.41) is 6.51. The highest BCUT2D eigenvalue weighted by Crippen LogP contribution is 2.18. The highest BCUT2D eigenvalue weighted by molar-refractivity contribution is 14.0. The number of likely N-dealkylation sites (N-methyl/N-ethyl adjacent to an activating group) is 1. The fraction of sp³-hybridized carbons (Fsp3) is 0.562. The maximum Gasteiger partial charge on any atom is 0.191 e. The van der Waals surface area contributed by atoms with Gasteiger partial charge in [0, 0.05) is 33.9 Å². The molecule has 0 spiro atoms. The zero-order chi connectivity index (χ0) is 16.4. The van der Waals surface area contributed by atoms with Crippen molar-refractivity contribution in [2.75, 3.05) is 47.9 Å². The molecule has 1 aromatic rings. The second-order valence-electron chi connectivity index (χ2n) is 5.26. The van der Waals surface area contributed by atoms with E-state index in [2.05, 4.69) is 20.5 Å². The molecule has 2 N–H and O–H groups in total. The molecule has 0 saturated carbocycles. The molecule has 0 amide bonds. The third-order valence-electron chi connectivity index (χ3n) is 3.36. The van der Waals surface area contributed by atoms with Crippen LogP contribution in [0, 0.1) is 5.82 Å². The third kappa shape index (κ3) is 8.47. The number of rotatable bonds is 8. The molecule has 5 nitrogen and oxygen atoms in total. The average molecular weight is 438 g/mol. The van der Waals surface area contributed by atoms with Crippen molar-refractivity contribution in [2.45, 2.75) is 12.5 Å². The maximum absolute atomic E-state index is 13.4. The second-order valence-corrected chi connectivity index (χ2v) is 5.26. The lowest BCUT2D eigenvalue weighted by Crippen LogP contribution is -2.42. The predicted octanol–water partition coefficient (Wildman–Crippen LogP) is 2.25. The quantitative estimate of drug-likeness (QED) is 0.283. The summed E-state index contributed by atoms with van der Waals surface area (Å²) < 4.78 is 18.4. The first kappa shape index (κ1) is 22.1. The highest BCUT2D eigenvalue weighted by atomic mass is 127. The molecule has 0 heterocycles. The van der Waals surface area contributed by atoms with Gasteiger partial charge in [0.2, 0.25) is 0 Å². The number of hydrogen-bond acceptors (Lipinski definition) is 3. The molecule has 1 rings (SSSR count). The Hall–Kier alpha value is -0.930. The van der Waals surface area contributed by atoms with Gasteiger partial charge in [-0.25, -0.2) is 4.39 Å². The standard InChI is InChI=1S/C16H27FN4O.HI/c1-18-16(19-9-6-10-22-4)20-12-15(21(2)3)13-7-5-8-14(17)11-13;/h5,7-8,11,15H,6,9-10,12H2,1-4H3,(H2,18,19,20);1H. The van der Waals surface area contributed by atoms with Crippen LogP contribution in [0.2, 0.25) is 0 Å². The molecule has 1 aromatic carbocycles. The van der Waals surface area contributed by atoms with E-state index in [1.165, 1.54) is 6.07 Å². The Balaban J connectivity index is 0.00000484. The van der Waals surface area contributed by atoms with Crippen LogP contribution in [0.15, 0.2) is 29.3 Å². The number of methoxy groups -OCH3 is 1. The first-order chi connectivity index (χ1) is 10.6. The SMILES string of the molecule is CN=C(NCCCOC)NCC(c1cccc(F)c1)N(C)C.I. The van der Waals surface area contributed by atoms with E-state index < -0.39 is 0 Å². The Morgan fingerprint density at radius 2 is 2.09 bits per heavy atom. The monoisotopic (exact) mass is 438 g/mol. The van der Waals surface area contributed by atoms with Crippen LogP contribution in [0.5, 0.6) is 0 Å². The Kier molecular flexibility index (Phi) is 12.0. The van der Waals surface area contributed by atoms with Crippen LogP contribution in [0.3, 0.4) is 0 Å². The van der Waals surface area contributed by atoms with Crippen LogP contribution in [-0.2, 0) is 4.74 Å². The molecular formula is C16H28FIN4O. The summed E-state index contributed by atoms with van der Waals surface area (Å²) in [6.07, 6.45) is 0.915. The summed E-state index contributed by atoms with van der Waals surface area (Å²) in [5.41, 5.74) is 0.937. The van der Waals surface area contributed by atoms with Crippen molar-refractivity contribution in [1.82, 2.24) is 15.5 Å². The third-order valence-corrected chi connectivity index (χ3v) is 3.36. The van der Waals surface area contributed by atoms with E-state index >= 15 is 0 Å². The minimum Gasteiger partial charge on any atom is -0.385 e. The van der Waals surface area contributed by atoms with Gasteiger partial charge in [0.15, 0.2) is 5.96 Å². The van der Waals surface area contributed by atoms with E-state index in [4.69, 9.17) is 4.74 Å². The van der Waals surface area contributed by atoms with Gasteiger partial charge in [0.1, 0.15) is 5.82 Å². The number of nitrogens with zero attached hydrogens (tertiary/aromatic N) is 2. The molecule has 0 saturated heterocycles. The first-order valence-corrected chi connectivity index (χ1v) is 7.43. The Morgan fingerprint density at radius 1 is 1.35 bits per heavy atom. The van der Waals surface area contributed by atoms with Crippen LogP contribution in [-0.4, -0.2) is 58.8 Å². The van der Waals surface area contributed by atoms with Crippen molar-refractivity contribution < 1.29 is 9.13 Å². The van der Waals surface area contributed by atoms with Crippen LogP contribution in [0.25, 0.3) is 0 Å². The Morgan fingerprint density at radius 3 is 2.65 bits per heavy atom. The number of guanidine groups is 1. The topological polar surface area (TPSA) is 48.9 Å². The lowest BCUT2D eigenvalue weighted by molar-refractivity contribution is 0.195. The van der Waals surface area contributed by atoms with Crippen molar-refractivity contribution in [3.05, 3.63) is 35.6 Å². The van der Waals surface area contributed by atoms with Crippen molar-refractivity contribution >= 4 is 29.9 Å². The molecule has 0 aromatic heterocycles. The zero-order valence-electron chi connectivity index (χ0n) is 14.3. The van der Waals surface area contributed by atoms with Gasteiger partial charge >= 0.3 is 0 Å². The van der Waals surface area contributed by atoms with Crippen LogP contribution < -0.4 is 10.6 Å². The van der Waals surface area contributed by atoms with E-state index in [-0.39, 0.29) is 35.8 Å². The van der Waals surface area contributed by atoms with Crippen LogP contribution >= 0.6 is 24.0 Å². The average Bonchev–Trinajstić information content (AvgIpc) is 2.49. The fourth-order valence-corrected chi connectivity index (χ4v) is 2.15. The largest absolute Gasteiger partial charge is 0.385 e. The normalized spacial score (nSPS) is 12.7. The predicted molar refractivity (Wildman–Crippen MR) is 104 cm³/mol. The van der Waals surface area contributed by atoms with E-state index in [1.54, 1.807) is 26.3 Å². The number of aliphatic imine (C=N–C) groups is 1. The number of benzene rings is 1. The van der Waals surface area contributed by atoms with Crippen molar-refractivity contribution in [2.24, 2.45) is 4.99 Å². The first-order valence-electron chi connectivity index (χ1n) is 7.43. The minimum absolute atomic E-state index is 0. The lowest BCUT2D eigenvalue weighted by atomic mass is 10.1. The molecule has 0 aliphatic rings.